The SMILES string of the molecule is CC(C)Oc1ccc(NC(=O)CC2NC(=O)NC2=O)cc1. The molecule has 2 rings (SSSR count). The van der Waals surface area contributed by atoms with Crippen molar-refractivity contribution in [3.8, 4) is 5.75 Å². The van der Waals surface area contributed by atoms with Crippen molar-refractivity contribution in [1.29, 1.82) is 0 Å². The largest absolute Gasteiger partial charge is 0.491 e. The Morgan fingerprint density at radius 1 is 1.29 bits per heavy atom. The van der Waals surface area contributed by atoms with Gasteiger partial charge in [0.15, 0.2) is 0 Å². The zero-order valence-electron chi connectivity index (χ0n) is 11.8. The summed E-state index contributed by atoms with van der Waals surface area (Å²) in [6.45, 7) is 3.85. The molecule has 1 aliphatic rings. The molecule has 3 N–H and O–H groups in total. The number of nitrogens with one attached hydrogen (secondary N) is 3. The lowest BCUT2D eigenvalue weighted by molar-refractivity contribution is -0.124. The van der Waals surface area contributed by atoms with Crippen LogP contribution in [-0.4, -0.2) is 30.0 Å². The molecular weight excluding hydrogens is 274 g/mol. The van der Waals surface area contributed by atoms with Gasteiger partial charge in [-0.15, -0.1) is 0 Å². The van der Waals surface area contributed by atoms with Crippen molar-refractivity contribution in [2.24, 2.45) is 0 Å². The molecule has 0 aliphatic carbocycles. The number of rotatable bonds is 5. The molecule has 4 amide bonds. The number of carbonyl (C=O) groups excluding carboxylic acids is 3. The highest BCUT2D eigenvalue weighted by Crippen LogP contribution is 2.17. The Morgan fingerprint density at radius 3 is 2.48 bits per heavy atom. The maximum Gasteiger partial charge on any atom is 0.322 e. The molecule has 0 spiro atoms. The van der Waals surface area contributed by atoms with E-state index in [4.69, 9.17) is 4.74 Å². The lowest BCUT2D eigenvalue weighted by Gasteiger charge is -2.11. The van der Waals surface area contributed by atoms with Gasteiger partial charge in [0.05, 0.1) is 12.5 Å². The number of imide groups is 1. The van der Waals surface area contributed by atoms with Crippen LogP contribution in [0.25, 0.3) is 0 Å². The average Bonchev–Trinajstić information content (AvgIpc) is 2.69. The number of anilines is 1. The molecule has 1 heterocycles. The Morgan fingerprint density at radius 2 is 1.95 bits per heavy atom. The number of urea groups is 1. The van der Waals surface area contributed by atoms with Crippen molar-refractivity contribution >= 4 is 23.5 Å². The lowest BCUT2D eigenvalue weighted by atomic mass is 10.2. The summed E-state index contributed by atoms with van der Waals surface area (Å²) in [6, 6.07) is 5.53. The third-order valence-corrected chi connectivity index (χ3v) is 2.76. The molecule has 0 radical (unpaired) electrons. The smallest absolute Gasteiger partial charge is 0.322 e. The van der Waals surface area contributed by atoms with Crippen molar-refractivity contribution in [3.05, 3.63) is 24.3 Å². The van der Waals surface area contributed by atoms with Gasteiger partial charge in [0.1, 0.15) is 11.8 Å². The molecule has 0 bridgehead atoms. The van der Waals surface area contributed by atoms with Crippen LogP contribution >= 0.6 is 0 Å². The standard InChI is InChI=1S/C14H17N3O4/c1-8(2)21-10-5-3-9(4-6-10)15-12(18)7-11-13(19)17-14(20)16-11/h3-6,8,11H,7H2,1-2H3,(H,15,18)(H2,16,17,19,20). The van der Waals surface area contributed by atoms with Gasteiger partial charge in [0.25, 0.3) is 5.91 Å². The normalized spacial score (nSPS) is 17.4. The van der Waals surface area contributed by atoms with Gasteiger partial charge in [0, 0.05) is 5.69 Å². The van der Waals surface area contributed by atoms with Gasteiger partial charge in [-0.1, -0.05) is 0 Å². The summed E-state index contributed by atoms with van der Waals surface area (Å²) in [5.41, 5.74) is 0.598. The molecule has 1 aromatic carbocycles. The van der Waals surface area contributed by atoms with Crippen LogP contribution < -0.4 is 20.7 Å². The van der Waals surface area contributed by atoms with E-state index in [-0.39, 0.29) is 18.4 Å². The predicted molar refractivity (Wildman–Crippen MR) is 75.9 cm³/mol. The van der Waals surface area contributed by atoms with Gasteiger partial charge in [-0.05, 0) is 38.1 Å². The van der Waals surface area contributed by atoms with E-state index in [0.717, 1.165) is 0 Å². The van der Waals surface area contributed by atoms with Gasteiger partial charge in [0.2, 0.25) is 5.91 Å². The van der Waals surface area contributed by atoms with Gasteiger partial charge < -0.3 is 15.4 Å². The summed E-state index contributed by atoms with van der Waals surface area (Å²) >= 11 is 0. The summed E-state index contributed by atoms with van der Waals surface area (Å²) in [5, 5.41) is 7.11. The molecule has 0 saturated carbocycles. The lowest BCUT2D eigenvalue weighted by Crippen LogP contribution is -2.33. The minimum atomic E-state index is -0.818. The molecular formula is C14H17N3O4. The summed E-state index contributed by atoms with van der Waals surface area (Å²) in [5.74, 6) is -0.129. The second kappa shape index (κ2) is 6.25. The van der Waals surface area contributed by atoms with Gasteiger partial charge in [-0.2, -0.15) is 0 Å². The number of carbonyl (C=O) groups is 3. The van der Waals surface area contributed by atoms with E-state index in [2.05, 4.69) is 16.0 Å². The van der Waals surface area contributed by atoms with E-state index < -0.39 is 18.0 Å². The Hall–Kier alpha value is -2.57. The third-order valence-electron chi connectivity index (χ3n) is 2.76. The fourth-order valence-corrected chi connectivity index (χ4v) is 1.89. The average molecular weight is 291 g/mol. The highest BCUT2D eigenvalue weighted by atomic mass is 16.5. The van der Waals surface area contributed by atoms with E-state index >= 15 is 0 Å². The van der Waals surface area contributed by atoms with Crippen molar-refractivity contribution in [2.45, 2.75) is 32.4 Å². The van der Waals surface area contributed by atoms with Crippen LogP contribution in [0.3, 0.4) is 0 Å². The van der Waals surface area contributed by atoms with Gasteiger partial charge in [-0.25, -0.2) is 4.79 Å². The fraction of sp³-hybridized carbons (Fsp3) is 0.357. The summed E-state index contributed by atoms with van der Waals surface area (Å²) < 4.78 is 5.49. The van der Waals surface area contributed by atoms with Crippen molar-refractivity contribution in [3.63, 3.8) is 0 Å². The Bertz CT molecular complexity index is 554. The zero-order valence-corrected chi connectivity index (χ0v) is 11.8. The summed E-state index contributed by atoms with van der Waals surface area (Å²) in [7, 11) is 0. The first-order valence-electron chi connectivity index (χ1n) is 6.62. The monoisotopic (exact) mass is 291 g/mol. The molecule has 1 atom stereocenters. The van der Waals surface area contributed by atoms with Gasteiger partial charge in [-0.3, -0.25) is 14.9 Å². The first kappa shape index (κ1) is 14.8. The molecule has 1 aliphatic heterocycles. The fourth-order valence-electron chi connectivity index (χ4n) is 1.89. The molecule has 112 valence electrons. The van der Waals surface area contributed by atoms with E-state index in [1.54, 1.807) is 24.3 Å². The summed E-state index contributed by atoms with van der Waals surface area (Å²) in [4.78, 5) is 34.1. The van der Waals surface area contributed by atoms with Crippen LogP contribution in [0, 0.1) is 0 Å². The third kappa shape index (κ3) is 4.20. The molecule has 1 unspecified atom stereocenters. The Kier molecular flexibility index (Phi) is 4.42. The molecule has 0 aromatic heterocycles. The zero-order chi connectivity index (χ0) is 15.4. The number of benzene rings is 1. The quantitative estimate of drug-likeness (QED) is 0.705. The molecule has 1 saturated heterocycles. The topological polar surface area (TPSA) is 96.5 Å². The van der Waals surface area contributed by atoms with Crippen LogP contribution in [0.5, 0.6) is 5.75 Å². The highest BCUT2D eigenvalue weighted by molar-refractivity contribution is 6.06. The van der Waals surface area contributed by atoms with Crippen LogP contribution in [0.15, 0.2) is 24.3 Å². The van der Waals surface area contributed by atoms with Crippen LogP contribution in [0.4, 0.5) is 10.5 Å². The first-order chi connectivity index (χ1) is 9.94. The Balaban J connectivity index is 1.88. The molecule has 1 fully saturated rings. The van der Waals surface area contributed by atoms with E-state index in [0.29, 0.717) is 11.4 Å². The maximum absolute atomic E-state index is 11.8. The minimum absolute atomic E-state index is 0.0786. The number of hydrogen-bond acceptors (Lipinski definition) is 4. The molecule has 7 heteroatoms. The minimum Gasteiger partial charge on any atom is -0.491 e. The number of hydrogen-bond donors (Lipinski definition) is 3. The van der Waals surface area contributed by atoms with E-state index in [1.807, 2.05) is 13.8 Å². The van der Waals surface area contributed by atoms with Crippen molar-refractivity contribution < 1.29 is 19.1 Å². The number of ether oxygens (including phenoxy) is 1. The van der Waals surface area contributed by atoms with Crippen LogP contribution in [-0.2, 0) is 9.59 Å². The van der Waals surface area contributed by atoms with Crippen LogP contribution in [0.1, 0.15) is 20.3 Å². The highest BCUT2D eigenvalue weighted by Gasteiger charge is 2.31. The predicted octanol–water partition coefficient (Wildman–Crippen LogP) is 1.01. The molecule has 21 heavy (non-hydrogen) atoms. The van der Waals surface area contributed by atoms with Crippen LogP contribution in [0.2, 0.25) is 0 Å². The second-order valence-corrected chi connectivity index (χ2v) is 4.96. The van der Waals surface area contributed by atoms with E-state index in [1.165, 1.54) is 0 Å². The molecule has 1 aromatic rings. The second-order valence-electron chi connectivity index (χ2n) is 4.96. The van der Waals surface area contributed by atoms with Gasteiger partial charge >= 0.3 is 6.03 Å². The Labute approximate surface area is 122 Å². The van der Waals surface area contributed by atoms with Crippen molar-refractivity contribution in [2.75, 3.05) is 5.32 Å². The summed E-state index contributed by atoms with van der Waals surface area (Å²) in [6.07, 6.45) is -0.0307. The number of amides is 4. The van der Waals surface area contributed by atoms with E-state index in [9.17, 15) is 14.4 Å². The maximum atomic E-state index is 11.8. The van der Waals surface area contributed by atoms with Crippen molar-refractivity contribution in [1.82, 2.24) is 10.6 Å². The molecule has 7 nitrogen and oxygen atoms in total. The first-order valence-corrected chi connectivity index (χ1v) is 6.62.